The Morgan fingerprint density at radius 2 is 1.76 bits per heavy atom. The van der Waals surface area contributed by atoms with Crippen molar-refractivity contribution in [3.8, 4) is 11.5 Å². The molecule has 2 aromatic rings. The third-order valence-electron chi connectivity index (χ3n) is 6.08. The highest BCUT2D eigenvalue weighted by atomic mass is 16.5. The zero-order valence-electron chi connectivity index (χ0n) is 20.4. The normalized spacial score (nSPS) is 14.4. The molecule has 6 nitrogen and oxygen atoms in total. The van der Waals surface area contributed by atoms with Gasteiger partial charge in [0.15, 0.2) is 18.1 Å². The van der Waals surface area contributed by atoms with E-state index in [9.17, 15) is 9.59 Å². The summed E-state index contributed by atoms with van der Waals surface area (Å²) in [4.78, 5) is 24.2. The number of rotatable bonds is 10. The SMILES string of the molecule is COc1cc(CNC2CCCCC2)ccc1OCC(=O)NC(=O)/C=C/c1ccc(C(C)C)cc1. The third kappa shape index (κ3) is 8.03. The molecule has 0 spiro atoms. The average Bonchev–Trinajstić information content (AvgIpc) is 2.86. The van der Waals surface area contributed by atoms with Crippen LogP contribution in [0.15, 0.2) is 48.5 Å². The fourth-order valence-corrected chi connectivity index (χ4v) is 4.03. The van der Waals surface area contributed by atoms with E-state index in [0.29, 0.717) is 23.5 Å². The molecule has 6 heteroatoms. The fourth-order valence-electron chi connectivity index (χ4n) is 4.03. The Morgan fingerprint density at radius 3 is 2.44 bits per heavy atom. The maximum atomic E-state index is 12.2. The summed E-state index contributed by atoms with van der Waals surface area (Å²) in [5.41, 5.74) is 3.23. The third-order valence-corrected chi connectivity index (χ3v) is 6.08. The van der Waals surface area contributed by atoms with Gasteiger partial charge in [-0.3, -0.25) is 14.9 Å². The van der Waals surface area contributed by atoms with Gasteiger partial charge in [0.2, 0.25) is 0 Å². The van der Waals surface area contributed by atoms with Crippen LogP contribution in [0.4, 0.5) is 0 Å². The molecule has 0 saturated heterocycles. The van der Waals surface area contributed by atoms with Crippen LogP contribution in [-0.2, 0) is 16.1 Å². The van der Waals surface area contributed by atoms with Crippen molar-refractivity contribution in [3.05, 3.63) is 65.2 Å². The predicted octanol–water partition coefficient (Wildman–Crippen LogP) is 4.98. The Labute approximate surface area is 202 Å². The Morgan fingerprint density at radius 1 is 1.03 bits per heavy atom. The number of hydrogen-bond acceptors (Lipinski definition) is 5. The van der Waals surface area contributed by atoms with Gasteiger partial charge in [-0.05, 0) is 53.7 Å². The quantitative estimate of drug-likeness (QED) is 0.485. The van der Waals surface area contributed by atoms with Crippen molar-refractivity contribution >= 4 is 17.9 Å². The zero-order chi connectivity index (χ0) is 24.3. The Bertz CT molecular complexity index is 976. The van der Waals surface area contributed by atoms with Crippen LogP contribution in [0.3, 0.4) is 0 Å². The molecule has 1 fully saturated rings. The lowest BCUT2D eigenvalue weighted by Gasteiger charge is -2.23. The lowest BCUT2D eigenvalue weighted by molar-refractivity contribution is -0.129. The lowest BCUT2D eigenvalue weighted by atomic mass is 9.95. The summed E-state index contributed by atoms with van der Waals surface area (Å²) in [6.45, 7) is 4.75. The fraction of sp³-hybridized carbons (Fsp3) is 0.429. The summed E-state index contributed by atoms with van der Waals surface area (Å²) in [6.07, 6.45) is 9.39. The van der Waals surface area contributed by atoms with Crippen molar-refractivity contribution in [2.24, 2.45) is 0 Å². The summed E-state index contributed by atoms with van der Waals surface area (Å²) in [6, 6.07) is 14.2. The molecule has 2 aromatic carbocycles. The van der Waals surface area contributed by atoms with E-state index in [4.69, 9.17) is 9.47 Å². The molecule has 0 atom stereocenters. The second-order valence-corrected chi connectivity index (χ2v) is 9.06. The Balaban J connectivity index is 1.46. The average molecular weight is 465 g/mol. The largest absolute Gasteiger partial charge is 0.493 e. The van der Waals surface area contributed by atoms with Gasteiger partial charge in [0, 0.05) is 18.7 Å². The van der Waals surface area contributed by atoms with Crippen LogP contribution in [0, 0.1) is 0 Å². The van der Waals surface area contributed by atoms with Crippen molar-refractivity contribution in [3.63, 3.8) is 0 Å². The van der Waals surface area contributed by atoms with Crippen LogP contribution in [0.2, 0.25) is 0 Å². The number of methoxy groups -OCH3 is 1. The van der Waals surface area contributed by atoms with E-state index in [1.807, 2.05) is 36.4 Å². The molecule has 1 aliphatic carbocycles. The van der Waals surface area contributed by atoms with E-state index in [0.717, 1.165) is 17.7 Å². The monoisotopic (exact) mass is 464 g/mol. The van der Waals surface area contributed by atoms with E-state index in [1.165, 1.54) is 43.7 Å². The topological polar surface area (TPSA) is 76.7 Å². The first-order chi connectivity index (χ1) is 16.4. The van der Waals surface area contributed by atoms with Crippen LogP contribution in [0.5, 0.6) is 11.5 Å². The number of ether oxygens (including phenoxy) is 2. The Hall–Kier alpha value is -3.12. The molecule has 2 amide bonds. The summed E-state index contributed by atoms with van der Waals surface area (Å²) < 4.78 is 11.0. The van der Waals surface area contributed by atoms with Crippen LogP contribution < -0.4 is 20.1 Å². The summed E-state index contributed by atoms with van der Waals surface area (Å²) in [7, 11) is 1.57. The maximum Gasteiger partial charge on any atom is 0.264 e. The number of amides is 2. The number of carbonyl (C=O) groups excluding carboxylic acids is 2. The molecule has 0 aliphatic heterocycles. The molecule has 0 unspecified atom stereocenters. The van der Waals surface area contributed by atoms with E-state index >= 15 is 0 Å². The van der Waals surface area contributed by atoms with Crippen LogP contribution in [0.25, 0.3) is 6.08 Å². The predicted molar refractivity (Wildman–Crippen MR) is 135 cm³/mol. The maximum absolute atomic E-state index is 12.2. The second-order valence-electron chi connectivity index (χ2n) is 9.06. The summed E-state index contributed by atoms with van der Waals surface area (Å²) >= 11 is 0. The molecule has 0 aromatic heterocycles. The molecule has 2 N–H and O–H groups in total. The molecule has 1 saturated carbocycles. The van der Waals surface area contributed by atoms with Crippen molar-refractivity contribution in [2.45, 2.75) is 64.5 Å². The van der Waals surface area contributed by atoms with Crippen molar-refractivity contribution in [1.82, 2.24) is 10.6 Å². The Kier molecular flexibility index (Phi) is 9.71. The molecule has 1 aliphatic rings. The molecule has 0 bridgehead atoms. The van der Waals surface area contributed by atoms with Gasteiger partial charge in [-0.2, -0.15) is 0 Å². The van der Waals surface area contributed by atoms with Gasteiger partial charge in [-0.1, -0.05) is 63.4 Å². The van der Waals surface area contributed by atoms with Gasteiger partial charge in [0.25, 0.3) is 11.8 Å². The molecule has 182 valence electrons. The minimum absolute atomic E-state index is 0.279. The standard InChI is InChI=1S/C28H36N2O4/c1-20(2)23-13-9-21(10-14-23)12-16-27(31)30-28(32)19-34-25-15-11-22(17-26(25)33-3)18-29-24-7-5-4-6-8-24/h9-17,20,24,29H,4-8,18-19H2,1-3H3,(H,30,31,32)/b16-12+. The van der Waals surface area contributed by atoms with Gasteiger partial charge in [0.1, 0.15) is 0 Å². The molecule has 0 heterocycles. The van der Waals surface area contributed by atoms with Gasteiger partial charge in [0.05, 0.1) is 7.11 Å². The molecular weight excluding hydrogens is 428 g/mol. The number of nitrogens with one attached hydrogen (secondary N) is 2. The number of hydrogen-bond donors (Lipinski definition) is 2. The van der Waals surface area contributed by atoms with Crippen molar-refractivity contribution in [2.75, 3.05) is 13.7 Å². The van der Waals surface area contributed by atoms with Crippen LogP contribution in [-0.4, -0.2) is 31.6 Å². The minimum Gasteiger partial charge on any atom is -0.493 e. The highest BCUT2D eigenvalue weighted by molar-refractivity contribution is 6.03. The zero-order valence-corrected chi connectivity index (χ0v) is 20.4. The van der Waals surface area contributed by atoms with E-state index < -0.39 is 11.8 Å². The van der Waals surface area contributed by atoms with Gasteiger partial charge in [-0.25, -0.2) is 0 Å². The van der Waals surface area contributed by atoms with Crippen LogP contribution >= 0.6 is 0 Å². The summed E-state index contributed by atoms with van der Waals surface area (Å²) in [5.74, 6) is 0.471. The molecule has 0 radical (unpaired) electrons. The first-order valence-electron chi connectivity index (χ1n) is 12.1. The molecule has 3 rings (SSSR count). The van der Waals surface area contributed by atoms with Gasteiger partial charge in [-0.15, -0.1) is 0 Å². The van der Waals surface area contributed by atoms with Crippen LogP contribution in [0.1, 0.15) is 68.6 Å². The number of carbonyl (C=O) groups is 2. The van der Waals surface area contributed by atoms with Gasteiger partial charge < -0.3 is 14.8 Å². The minimum atomic E-state index is -0.519. The van der Waals surface area contributed by atoms with E-state index in [2.05, 4.69) is 24.5 Å². The van der Waals surface area contributed by atoms with E-state index in [1.54, 1.807) is 19.3 Å². The van der Waals surface area contributed by atoms with Crippen molar-refractivity contribution < 1.29 is 19.1 Å². The highest BCUT2D eigenvalue weighted by Gasteiger charge is 2.14. The first kappa shape index (κ1) is 25.5. The van der Waals surface area contributed by atoms with Crippen molar-refractivity contribution in [1.29, 1.82) is 0 Å². The summed E-state index contributed by atoms with van der Waals surface area (Å²) in [5, 5.41) is 5.92. The number of imide groups is 1. The lowest BCUT2D eigenvalue weighted by Crippen LogP contribution is -2.33. The van der Waals surface area contributed by atoms with Gasteiger partial charge >= 0.3 is 0 Å². The second kappa shape index (κ2) is 12.9. The smallest absolute Gasteiger partial charge is 0.264 e. The molecular formula is C28H36N2O4. The van der Waals surface area contributed by atoms with E-state index in [-0.39, 0.29) is 6.61 Å². The molecule has 34 heavy (non-hydrogen) atoms. The number of benzene rings is 2. The highest BCUT2D eigenvalue weighted by Crippen LogP contribution is 2.28. The first-order valence-corrected chi connectivity index (χ1v) is 12.1.